The summed E-state index contributed by atoms with van der Waals surface area (Å²) in [4.78, 5) is 2.38. The molecule has 0 unspecified atom stereocenters. The van der Waals surface area contributed by atoms with Crippen molar-refractivity contribution in [1.29, 1.82) is 5.26 Å². The molecule has 0 N–H and O–H groups in total. The number of hydrogen-bond donors (Lipinski definition) is 0. The first-order chi connectivity index (χ1) is 12.8. The third-order valence-electron chi connectivity index (χ3n) is 4.89. The van der Waals surface area contributed by atoms with Gasteiger partial charge < -0.3 is 9.32 Å². The second-order valence-electron chi connectivity index (χ2n) is 6.59. The Morgan fingerprint density at radius 2 is 1.73 bits per heavy atom. The molecule has 0 radical (unpaired) electrons. The van der Waals surface area contributed by atoms with Gasteiger partial charge >= 0.3 is 0 Å². The maximum Gasteiger partial charge on any atom is 0.247 e. The SMILES string of the molecule is N#Cc1ccc(-c2nnc(CN(c3ccccc3)C3CCCC3)o2)cc1. The number of benzene rings is 2. The molecule has 0 bridgehead atoms. The van der Waals surface area contributed by atoms with Gasteiger partial charge in [-0.1, -0.05) is 31.0 Å². The highest BCUT2D eigenvalue weighted by Crippen LogP contribution is 2.30. The van der Waals surface area contributed by atoms with E-state index in [1.807, 2.05) is 18.2 Å². The van der Waals surface area contributed by atoms with E-state index >= 15 is 0 Å². The molecule has 0 atom stereocenters. The molecule has 1 heterocycles. The molecule has 1 saturated carbocycles. The number of hydrogen-bond acceptors (Lipinski definition) is 5. The fourth-order valence-electron chi connectivity index (χ4n) is 3.53. The highest BCUT2D eigenvalue weighted by atomic mass is 16.4. The topological polar surface area (TPSA) is 66.0 Å². The predicted octanol–water partition coefficient (Wildman–Crippen LogP) is 4.56. The van der Waals surface area contributed by atoms with Gasteiger partial charge in [0.25, 0.3) is 0 Å². The molecule has 0 aliphatic heterocycles. The zero-order valence-corrected chi connectivity index (χ0v) is 14.5. The van der Waals surface area contributed by atoms with E-state index in [0.717, 1.165) is 5.56 Å². The van der Waals surface area contributed by atoms with Gasteiger partial charge in [0.15, 0.2) is 0 Å². The van der Waals surface area contributed by atoms with Crippen LogP contribution in [-0.4, -0.2) is 16.2 Å². The van der Waals surface area contributed by atoms with Crippen LogP contribution in [0, 0.1) is 11.3 Å². The summed E-state index contributed by atoms with van der Waals surface area (Å²) in [5.74, 6) is 1.10. The van der Waals surface area contributed by atoms with Gasteiger partial charge in [0.05, 0.1) is 18.2 Å². The van der Waals surface area contributed by atoms with Gasteiger partial charge in [0, 0.05) is 17.3 Å². The van der Waals surface area contributed by atoms with E-state index in [1.54, 1.807) is 12.1 Å². The summed E-state index contributed by atoms with van der Waals surface area (Å²) in [6.07, 6.45) is 4.94. The summed E-state index contributed by atoms with van der Waals surface area (Å²) in [5.41, 5.74) is 2.64. The first kappa shape index (κ1) is 16.3. The van der Waals surface area contributed by atoms with E-state index in [0.29, 0.717) is 29.9 Å². The molecular formula is C21H20N4O. The highest BCUT2D eigenvalue weighted by Gasteiger charge is 2.24. The molecule has 3 aromatic rings. The number of aromatic nitrogens is 2. The Hall–Kier alpha value is -3.13. The van der Waals surface area contributed by atoms with E-state index < -0.39 is 0 Å². The average molecular weight is 344 g/mol. The number of anilines is 1. The zero-order valence-electron chi connectivity index (χ0n) is 14.5. The highest BCUT2D eigenvalue weighted by molar-refractivity contribution is 5.54. The summed E-state index contributed by atoms with van der Waals surface area (Å²) in [6, 6.07) is 20.2. The van der Waals surface area contributed by atoms with Crippen molar-refractivity contribution in [2.45, 2.75) is 38.3 Å². The molecule has 5 heteroatoms. The first-order valence-corrected chi connectivity index (χ1v) is 8.98. The second-order valence-corrected chi connectivity index (χ2v) is 6.59. The lowest BCUT2D eigenvalue weighted by atomic mass is 10.1. The predicted molar refractivity (Wildman–Crippen MR) is 99.3 cm³/mol. The Morgan fingerprint density at radius 1 is 1.00 bits per heavy atom. The van der Waals surface area contributed by atoms with Gasteiger partial charge in [-0.2, -0.15) is 5.26 Å². The minimum atomic E-state index is 0.490. The van der Waals surface area contributed by atoms with Crippen LogP contribution in [0.15, 0.2) is 59.0 Å². The van der Waals surface area contributed by atoms with Crippen LogP contribution in [0.3, 0.4) is 0 Å². The standard InChI is InChI=1S/C21H20N4O/c22-14-16-10-12-17(13-11-16)21-24-23-20(26-21)15-25(19-8-4-5-9-19)18-6-2-1-3-7-18/h1-3,6-7,10-13,19H,4-5,8-9,15H2. The minimum absolute atomic E-state index is 0.490. The summed E-state index contributed by atoms with van der Waals surface area (Å²) >= 11 is 0. The molecule has 2 aromatic carbocycles. The third-order valence-corrected chi connectivity index (χ3v) is 4.89. The third kappa shape index (κ3) is 3.45. The molecule has 1 aromatic heterocycles. The van der Waals surface area contributed by atoms with E-state index in [9.17, 15) is 0 Å². The van der Waals surface area contributed by atoms with Crippen LogP contribution >= 0.6 is 0 Å². The van der Waals surface area contributed by atoms with Crippen molar-refractivity contribution >= 4 is 5.69 Å². The fourth-order valence-corrected chi connectivity index (χ4v) is 3.53. The Labute approximate surface area is 152 Å². The van der Waals surface area contributed by atoms with Gasteiger partial charge in [-0.15, -0.1) is 10.2 Å². The Bertz CT molecular complexity index is 890. The van der Waals surface area contributed by atoms with Gasteiger partial charge in [0.2, 0.25) is 11.8 Å². The maximum atomic E-state index is 8.91. The van der Waals surface area contributed by atoms with Crippen molar-refractivity contribution in [1.82, 2.24) is 10.2 Å². The lowest BCUT2D eigenvalue weighted by Gasteiger charge is -2.29. The van der Waals surface area contributed by atoms with Crippen LogP contribution in [0.2, 0.25) is 0 Å². The average Bonchev–Trinajstić information content (AvgIpc) is 3.39. The Morgan fingerprint density at radius 3 is 2.42 bits per heavy atom. The van der Waals surface area contributed by atoms with E-state index in [1.165, 1.54) is 31.4 Å². The Balaban J connectivity index is 1.56. The van der Waals surface area contributed by atoms with Crippen molar-refractivity contribution in [3.8, 4) is 17.5 Å². The van der Waals surface area contributed by atoms with Crippen molar-refractivity contribution in [2.24, 2.45) is 0 Å². The van der Waals surface area contributed by atoms with E-state index in [2.05, 4.69) is 45.4 Å². The van der Waals surface area contributed by atoms with Crippen LogP contribution in [0.1, 0.15) is 37.1 Å². The van der Waals surface area contributed by atoms with Gasteiger partial charge in [-0.25, -0.2) is 0 Å². The molecule has 5 nitrogen and oxygen atoms in total. The van der Waals surface area contributed by atoms with Gasteiger partial charge in [0.1, 0.15) is 0 Å². The monoisotopic (exact) mass is 344 g/mol. The summed E-state index contributed by atoms with van der Waals surface area (Å²) < 4.78 is 5.91. The van der Waals surface area contributed by atoms with Crippen molar-refractivity contribution < 1.29 is 4.42 Å². The van der Waals surface area contributed by atoms with Crippen molar-refractivity contribution in [3.05, 3.63) is 66.1 Å². The first-order valence-electron chi connectivity index (χ1n) is 8.98. The molecule has 1 aliphatic rings. The normalized spacial score (nSPS) is 14.3. The minimum Gasteiger partial charge on any atom is -0.419 e. The van der Waals surface area contributed by atoms with Crippen LogP contribution in [0.5, 0.6) is 0 Å². The lowest BCUT2D eigenvalue weighted by molar-refractivity contribution is 0.478. The number of para-hydroxylation sites is 1. The molecule has 0 spiro atoms. The molecule has 26 heavy (non-hydrogen) atoms. The number of nitrogens with zero attached hydrogens (tertiary/aromatic N) is 4. The molecule has 1 aliphatic carbocycles. The number of rotatable bonds is 5. The summed E-state index contributed by atoms with van der Waals surface area (Å²) in [5, 5.41) is 17.3. The van der Waals surface area contributed by atoms with Crippen molar-refractivity contribution in [3.63, 3.8) is 0 Å². The van der Waals surface area contributed by atoms with Crippen LogP contribution in [0.4, 0.5) is 5.69 Å². The number of nitriles is 1. The van der Waals surface area contributed by atoms with Gasteiger partial charge in [-0.3, -0.25) is 0 Å². The molecule has 130 valence electrons. The summed E-state index contributed by atoms with van der Waals surface area (Å²) in [7, 11) is 0. The van der Waals surface area contributed by atoms with E-state index in [4.69, 9.17) is 9.68 Å². The van der Waals surface area contributed by atoms with Crippen LogP contribution in [-0.2, 0) is 6.54 Å². The van der Waals surface area contributed by atoms with Crippen LogP contribution in [0.25, 0.3) is 11.5 Å². The van der Waals surface area contributed by atoms with E-state index in [-0.39, 0.29) is 0 Å². The molecule has 4 rings (SSSR count). The van der Waals surface area contributed by atoms with Gasteiger partial charge in [-0.05, 0) is 49.2 Å². The van der Waals surface area contributed by atoms with Crippen molar-refractivity contribution in [2.75, 3.05) is 4.90 Å². The molecular weight excluding hydrogens is 324 g/mol. The fraction of sp³-hybridized carbons (Fsp3) is 0.286. The molecule has 1 fully saturated rings. The lowest BCUT2D eigenvalue weighted by Crippen LogP contribution is -2.32. The quantitative estimate of drug-likeness (QED) is 0.679. The maximum absolute atomic E-state index is 8.91. The summed E-state index contributed by atoms with van der Waals surface area (Å²) in [6.45, 7) is 0.609. The smallest absolute Gasteiger partial charge is 0.247 e. The largest absolute Gasteiger partial charge is 0.419 e. The van der Waals surface area contributed by atoms with Crippen LogP contribution < -0.4 is 4.90 Å². The molecule has 0 saturated heterocycles. The zero-order chi connectivity index (χ0) is 17.8. The molecule has 0 amide bonds. The Kier molecular flexibility index (Phi) is 4.65. The second kappa shape index (κ2) is 7.40.